The van der Waals surface area contributed by atoms with Crippen LogP contribution in [0.25, 0.3) is 11.3 Å². The Labute approximate surface area is 217 Å². The summed E-state index contributed by atoms with van der Waals surface area (Å²) < 4.78 is 37.2. The summed E-state index contributed by atoms with van der Waals surface area (Å²) in [6, 6.07) is 15.1. The summed E-state index contributed by atoms with van der Waals surface area (Å²) in [6.07, 6.45) is 0.623. The minimum absolute atomic E-state index is 0.0334. The summed E-state index contributed by atoms with van der Waals surface area (Å²) in [6.45, 7) is 2.14. The Bertz CT molecular complexity index is 1580. The fraction of sp³-hybridized carbons (Fsp3) is 0.179. The number of hydrogen-bond donors (Lipinski definition) is 3. The zero-order valence-electron chi connectivity index (χ0n) is 20.8. The van der Waals surface area contributed by atoms with Crippen LogP contribution in [-0.2, 0) is 19.5 Å². The van der Waals surface area contributed by atoms with Crippen molar-refractivity contribution in [2.75, 3.05) is 12.4 Å². The molecule has 0 unspecified atom stereocenters. The molecule has 2 heterocycles. The second-order valence-corrected chi connectivity index (χ2v) is 8.98. The third-order valence-electron chi connectivity index (χ3n) is 6.51. The minimum Gasteiger partial charge on any atom is -0.496 e. The molecule has 1 aliphatic rings. The molecule has 0 saturated heterocycles. The van der Waals surface area contributed by atoms with Crippen LogP contribution >= 0.6 is 0 Å². The molecule has 0 spiro atoms. The van der Waals surface area contributed by atoms with Crippen molar-refractivity contribution in [3.05, 3.63) is 94.0 Å². The third kappa shape index (κ3) is 4.45. The number of carbonyl (C=O) groups is 2. The number of anilines is 2. The van der Waals surface area contributed by atoms with Crippen molar-refractivity contribution in [1.82, 2.24) is 15.1 Å². The number of aryl methyl sites for hydroxylation is 3. The average Bonchev–Trinajstić information content (AvgIpc) is 3.17. The number of amides is 2. The molecule has 8 nitrogen and oxygen atoms in total. The Kier molecular flexibility index (Phi) is 6.54. The number of nitrogens with one attached hydrogen (secondary N) is 2. The molecule has 0 fully saturated rings. The highest BCUT2D eigenvalue weighted by molar-refractivity contribution is 6.04. The highest BCUT2D eigenvalue weighted by Crippen LogP contribution is 2.36. The second-order valence-electron chi connectivity index (χ2n) is 8.98. The van der Waals surface area contributed by atoms with Crippen LogP contribution in [0.5, 0.6) is 5.75 Å². The first-order chi connectivity index (χ1) is 18.3. The van der Waals surface area contributed by atoms with Crippen LogP contribution in [0.4, 0.5) is 20.3 Å². The Morgan fingerprint density at radius 3 is 2.68 bits per heavy atom. The van der Waals surface area contributed by atoms with Gasteiger partial charge in [-0.25, -0.2) is 13.5 Å². The van der Waals surface area contributed by atoms with Gasteiger partial charge in [-0.05, 0) is 43.2 Å². The maximum absolute atomic E-state index is 15.4. The summed E-state index contributed by atoms with van der Waals surface area (Å²) in [5.41, 5.74) is 8.51. The van der Waals surface area contributed by atoms with Gasteiger partial charge in [-0.15, -0.1) is 0 Å². The van der Waals surface area contributed by atoms with E-state index in [-0.39, 0.29) is 34.5 Å². The lowest BCUT2D eigenvalue weighted by molar-refractivity contribution is 0.0946. The number of para-hydroxylation sites is 1. The number of benzene rings is 3. The van der Waals surface area contributed by atoms with E-state index in [1.807, 2.05) is 25.1 Å². The normalized spacial score (nSPS) is 12.1. The first-order valence-corrected chi connectivity index (χ1v) is 11.9. The number of methoxy groups -OCH3 is 1. The molecule has 4 N–H and O–H groups in total. The van der Waals surface area contributed by atoms with Crippen molar-refractivity contribution in [3.63, 3.8) is 0 Å². The number of carbonyl (C=O) groups excluding carboxylic acids is 2. The molecule has 0 atom stereocenters. The maximum Gasteiger partial charge on any atom is 0.255 e. The lowest BCUT2D eigenvalue weighted by atomic mass is 10.0. The van der Waals surface area contributed by atoms with E-state index in [1.165, 1.54) is 19.2 Å². The van der Waals surface area contributed by atoms with Crippen molar-refractivity contribution < 1.29 is 23.1 Å². The number of fused-ring (bicyclic) bond motifs is 2. The summed E-state index contributed by atoms with van der Waals surface area (Å²) in [4.78, 5) is 25.1. The van der Waals surface area contributed by atoms with Crippen LogP contribution in [0.15, 0.2) is 54.6 Å². The van der Waals surface area contributed by atoms with E-state index in [0.29, 0.717) is 24.5 Å². The van der Waals surface area contributed by atoms with Crippen LogP contribution in [0, 0.1) is 18.6 Å². The Balaban J connectivity index is 1.46. The minimum atomic E-state index is -1.19. The molecule has 5 rings (SSSR count). The molecule has 10 heteroatoms. The molecule has 3 aromatic carbocycles. The molecule has 0 aliphatic carbocycles. The number of aromatic nitrogens is 2. The number of nitrogens with zero attached hydrogens (tertiary/aromatic N) is 2. The smallest absolute Gasteiger partial charge is 0.255 e. The largest absolute Gasteiger partial charge is 0.496 e. The van der Waals surface area contributed by atoms with Gasteiger partial charge in [-0.2, -0.15) is 5.10 Å². The average molecular weight is 518 g/mol. The standard InChI is InChI=1S/C28H25F2N5O3/c1-15-7-10-20-16(13-15)11-12-35-27(33-20)22(26(31)36)25(34-35)19-9-8-17(23(29)24(19)30)14-32-28(37)18-5-3-4-6-21(18)38-2/h3-10,13,33H,11-12,14H2,1-2H3,(H2,31,36)(H,32,37). The van der Waals surface area contributed by atoms with E-state index in [0.717, 1.165) is 16.8 Å². The molecule has 0 bridgehead atoms. The fourth-order valence-corrected chi connectivity index (χ4v) is 4.59. The number of halogens is 2. The van der Waals surface area contributed by atoms with Crippen LogP contribution in [0.2, 0.25) is 0 Å². The van der Waals surface area contributed by atoms with Gasteiger partial charge in [0.1, 0.15) is 22.8 Å². The van der Waals surface area contributed by atoms with Gasteiger partial charge in [-0.3, -0.25) is 9.59 Å². The van der Waals surface area contributed by atoms with E-state index in [4.69, 9.17) is 10.5 Å². The molecule has 1 aromatic heterocycles. The Morgan fingerprint density at radius 2 is 1.92 bits per heavy atom. The van der Waals surface area contributed by atoms with E-state index in [9.17, 15) is 9.59 Å². The summed E-state index contributed by atoms with van der Waals surface area (Å²) in [5, 5.41) is 10.2. The van der Waals surface area contributed by atoms with Gasteiger partial charge in [-0.1, -0.05) is 35.9 Å². The zero-order chi connectivity index (χ0) is 27.0. The molecule has 0 saturated carbocycles. The number of ether oxygens (including phenoxy) is 1. The second kappa shape index (κ2) is 9.97. The van der Waals surface area contributed by atoms with Crippen LogP contribution in [0.3, 0.4) is 0 Å². The zero-order valence-corrected chi connectivity index (χ0v) is 20.8. The van der Waals surface area contributed by atoms with Gasteiger partial charge in [0.15, 0.2) is 11.6 Å². The summed E-state index contributed by atoms with van der Waals surface area (Å²) in [5.74, 6) is -2.99. The van der Waals surface area contributed by atoms with Gasteiger partial charge < -0.3 is 21.1 Å². The molecule has 38 heavy (non-hydrogen) atoms. The van der Waals surface area contributed by atoms with Crippen LogP contribution in [0.1, 0.15) is 37.4 Å². The number of primary amides is 1. The number of nitrogens with two attached hydrogens (primary N) is 1. The van der Waals surface area contributed by atoms with Crippen molar-refractivity contribution >= 4 is 23.3 Å². The van der Waals surface area contributed by atoms with Crippen LogP contribution in [-0.4, -0.2) is 28.7 Å². The van der Waals surface area contributed by atoms with Crippen molar-refractivity contribution in [1.29, 1.82) is 0 Å². The lowest BCUT2D eigenvalue weighted by Crippen LogP contribution is -2.24. The van der Waals surface area contributed by atoms with Crippen LogP contribution < -0.4 is 21.1 Å². The predicted octanol–water partition coefficient (Wildman–Crippen LogP) is 4.47. The summed E-state index contributed by atoms with van der Waals surface area (Å²) in [7, 11) is 1.44. The quantitative estimate of drug-likeness (QED) is 0.349. The monoisotopic (exact) mass is 517 g/mol. The van der Waals surface area contributed by atoms with Crippen molar-refractivity contribution in [3.8, 4) is 17.0 Å². The van der Waals surface area contributed by atoms with E-state index >= 15 is 8.78 Å². The topological polar surface area (TPSA) is 111 Å². The Hall–Kier alpha value is -4.73. The molecule has 0 radical (unpaired) electrons. The predicted molar refractivity (Wildman–Crippen MR) is 138 cm³/mol. The van der Waals surface area contributed by atoms with Crippen molar-refractivity contribution in [2.24, 2.45) is 5.73 Å². The first-order valence-electron chi connectivity index (χ1n) is 11.9. The molecular formula is C28H25F2N5O3. The fourth-order valence-electron chi connectivity index (χ4n) is 4.59. The van der Waals surface area contributed by atoms with Gasteiger partial charge in [0.05, 0.1) is 12.7 Å². The molecular weight excluding hydrogens is 492 g/mol. The van der Waals surface area contributed by atoms with E-state index in [2.05, 4.69) is 15.7 Å². The van der Waals surface area contributed by atoms with Gasteiger partial charge in [0.2, 0.25) is 0 Å². The molecule has 4 aromatic rings. The van der Waals surface area contributed by atoms with Gasteiger partial charge >= 0.3 is 0 Å². The molecule has 2 amide bonds. The highest BCUT2D eigenvalue weighted by atomic mass is 19.2. The van der Waals surface area contributed by atoms with Crippen molar-refractivity contribution in [2.45, 2.75) is 26.4 Å². The maximum atomic E-state index is 15.4. The lowest BCUT2D eigenvalue weighted by Gasteiger charge is -2.12. The molecule has 194 valence electrons. The van der Waals surface area contributed by atoms with Gasteiger partial charge in [0, 0.05) is 29.9 Å². The van der Waals surface area contributed by atoms with E-state index < -0.39 is 23.4 Å². The number of hydrogen-bond acceptors (Lipinski definition) is 5. The van der Waals surface area contributed by atoms with E-state index in [1.54, 1.807) is 28.9 Å². The highest BCUT2D eigenvalue weighted by Gasteiger charge is 2.28. The summed E-state index contributed by atoms with van der Waals surface area (Å²) >= 11 is 0. The van der Waals surface area contributed by atoms with Gasteiger partial charge in [0.25, 0.3) is 11.8 Å². The first kappa shape index (κ1) is 24.9. The Morgan fingerprint density at radius 1 is 1.13 bits per heavy atom. The molecule has 1 aliphatic heterocycles. The third-order valence-corrected chi connectivity index (χ3v) is 6.51. The SMILES string of the molecule is COc1ccccc1C(=O)NCc1ccc(-c2nn3c(c2C(N)=O)Nc2ccc(C)cc2CC3)c(F)c1F. The number of rotatable bonds is 6.